The van der Waals surface area contributed by atoms with Gasteiger partial charge in [0.15, 0.2) is 0 Å². The van der Waals surface area contributed by atoms with Crippen molar-refractivity contribution < 1.29 is 0 Å². The second-order valence-corrected chi connectivity index (χ2v) is 8.54. The molecule has 2 aromatic carbocycles. The lowest BCUT2D eigenvalue weighted by Gasteiger charge is -2.08. The Morgan fingerprint density at radius 2 is 1.03 bits per heavy atom. The van der Waals surface area contributed by atoms with Gasteiger partial charge in [0, 0.05) is 11.4 Å². The second-order valence-electron chi connectivity index (χ2n) is 8.54. The molecule has 1 heteroatoms. The fourth-order valence-corrected chi connectivity index (χ4v) is 4.02. The lowest BCUT2D eigenvalue weighted by molar-refractivity contribution is 0.535. The van der Waals surface area contributed by atoms with Crippen molar-refractivity contribution in [2.24, 2.45) is 0 Å². The molecule has 0 aliphatic carbocycles. The van der Waals surface area contributed by atoms with Gasteiger partial charge < -0.3 is 5.32 Å². The van der Waals surface area contributed by atoms with E-state index in [4.69, 9.17) is 0 Å². The van der Waals surface area contributed by atoms with E-state index in [0.29, 0.717) is 0 Å². The highest BCUT2D eigenvalue weighted by Gasteiger charge is 1.98. The number of rotatable bonds is 17. The van der Waals surface area contributed by atoms with Gasteiger partial charge in [-0.25, -0.2) is 0 Å². The first-order valence-electron chi connectivity index (χ1n) is 12.3. The quantitative estimate of drug-likeness (QED) is 0.264. The summed E-state index contributed by atoms with van der Waals surface area (Å²) in [4.78, 5) is 0. The Balaban J connectivity index is 1.44. The van der Waals surface area contributed by atoms with E-state index in [-0.39, 0.29) is 0 Å². The van der Waals surface area contributed by atoms with Crippen LogP contribution in [0.3, 0.4) is 0 Å². The van der Waals surface area contributed by atoms with Crippen LogP contribution in [-0.4, -0.2) is 0 Å². The van der Waals surface area contributed by atoms with Gasteiger partial charge in [-0.15, -0.1) is 0 Å². The Bertz CT molecular complexity index is 619. The minimum atomic E-state index is 1.15. The van der Waals surface area contributed by atoms with Crippen molar-refractivity contribution in [1.82, 2.24) is 0 Å². The third-order valence-corrected chi connectivity index (χ3v) is 5.81. The molecule has 0 atom stereocenters. The summed E-state index contributed by atoms with van der Waals surface area (Å²) in [5.74, 6) is 0. The van der Waals surface area contributed by atoms with Crippen molar-refractivity contribution in [2.45, 2.75) is 103 Å². The summed E-state index contributed by atoms with van der Waals surface area (Å²) in [6.07, 6.45) is 21.1. The summed E-state index contributed by atoms with van der Waals surface area (Å²) in [5.41, 5.74) is 3.80. The molecule has 1 nitrogen and oxygen atoms in total. The zero-order chi connectivity index (χ0) is 20.4. The van der Waals surface area contributed by atoms with Crippen LogP contribution >= 0.6 is 0 Å². The Kier molecular flexibility index (Phi) is 13.0. The van der Waals surface area contributed by atoms with Crippen LogP contribution in [0.1, 0.15) is 102 Å². The van der Waals surface area contributed by atoms with Gasteiger partial charge in [-0.2, -0.15) is 0 Å². The van der Waals surface area contributed by atoms with Gasteiger partial charge in [0.05, 0.1) is 0 Å². The topological polar surface area (TPSA) is 12.0 Å². The highest BCUT2D eigenvalue weighted by atomic mass is 14.9. The summed E-state index contributed by atoms with van der Waals surface area (Å²) in [6, 6.07) is 19.3. The average Bonchev–Trinajstić information content (AvgIpc) is 2.75. The summed E-state index contributed by atoms with van der Waals surface area (Å²) in [5, 5.41) is 3.50. The van der Waals surface area contributed by atoms with Crippen LogP contribution in [-0.2, 0) is 6.42 Å². The van der Waals surface area contributed by atoms with Crippen LogP contribution in [0, 0.1) is 0 Å². The fraction of sp³-hybridized carbons (Fsp3) is 0.571. The predicted molar refractivity (Wildman–Crippen MR) is 130 cm³/mol. The number of nitrogens with one attached hydrogen (secondary N) is 1. The Hall–Kier alpha value is -1.76. The SMILES string of the molecule is CCCCCCCCCCCCCCCCc1cccc(Nc2ccccc2)c1. The van der Waals surface area contributed by atoms with E-state index in [1.54, 1.807) is 0 Å². The van der Waals surface area contributed by atoms with Crippen molar-refractivity contribution in [3.8, 4) is 0 Å². The maximum atomic E-state index is 3.50. The van der Waals surface area contributed by atoms with Crippen molar-refractivity contribution in [3.05, 3.63) is 60.2 Å². The van der Waals surface area contributed by atoms with Crippen LogP contribution in [0.2, 0.25) is 0 Å². The third-order valence-electron chi connectivity index (χ3n) is 5.81. The number of aryl methyl sites for hydroxylation is 1. The van der Waals surface area contributed by atoms with Crippen molar-refractivity contribution in [1.29, 1.82) is 0 Å². The number of benzene rings is 2. The molecule has 0 amide bonds. The number of hydrogen-bond acceptors (Lipinski definition) is 1. The molecule has 0 spiro atoms. The molecule has 0 bridgehead atoms. The molecule has 160 valence electrons. The van der Waals surface area contributed by atoms with E-state index >= 15 is 0 Å². The van der Waals surface area contributed by atoms with Gasteiger partial charge in [0.25, 0.3) is 0 Å². The number of anilines is 2. The number of hydrogen-bond donors (Lipinski definition) is 1. The highest BCUT2D eigenvalue weighted by molar-refractivity contribution is 5.59. The molecule has 2 aromatic rings. The van der Waals surface area contributed by atoms with E-state index in [2.05, 4.69) is 66.8 Å². The maximum Gasteiger partial charge on any atom is 0.0386 e. The Morgan fingerprint density at radius 3 is 1.62 bits per heavy atom. The van der Waals surface area contributed by atoms with Crippen LogP contribution in [0.25, 0.3) is 0 Å². The van der Waals surface area contributed by atoms with E-state index in [1.165, 1.54) is 108 Å². The summed E-state index contributed by atoms with van der Waals surface area (Å²) in [6.45, 7) is 2.29. The van der Waals surface area contributed by atoms with Gasteiger partial charge in [-0.05, 0) is 42.7 Å². The smallest absolute Gasteiger partial charge is 0.0386 e. The molecule has 0 aliphatic heterocycles. The van der Waals surface area contributed by atoms with E-state index in [9.17, 15) is 0 Å². The standard InChI is InChI=1S/C28H43N/c1-2-3-4-5-6-7-8-9-10-11-12-13-14-16-20-26-21-19-24-28(25-26)29-27-22-17-15-18-23-27/h15,17-19,21-25,29H,2-14,16,20H2,1H3. The first-order valence-corrected chi connectivity index (χ1v) is 12.3. The molecule has 0 saturated heterocycles. The van der Waals surface area contributed by atoms with Gasteiger partial charge in [0.2, 0.25) is 0 Å². The molecule has 0 radical (unpaired) electrons. The number of para-hydroxylation sites is 1. The summed E-state index contributed by atoms with van der Waals surface area (Å²) < 4.78 is 0. The lowest BCUT2D eigenvalue weighted by atomic mass is 10.0. The normalized spacial score (nSPS) is 10.9. The van der Waals surface area contributed by atoms with Gasteiger partial charge in [-0.1, -0.05) is 121 Å². The van der Waals surface area contributed by atoms with E-state index in [0.717, 1.165) is 5.69 Å². The molecular formula is C28H43N. The predicted octanol–water partition coefficient (Wildman–Crippen LogP) is 9.45. The van der Waals surface area contributed by atoms with Gasteiger partial charge in [0.1, 0.15) is 0 Å². The Labute approximate surface area is 180 Å². The molecule has 0 heterocycles. The average molecular weight is 394 g/mol. The van der Waals surface area contributed by atoms with Crippen molar-refractivity contribution in [3.63, 3.8) is 0 Å². The first-order chi connectivity index (χ1) is 14.4. The Morgan fingerprint density at radius 1 is 0.517 bits per heavy atom. The van der Waals surface area contributed by atoms with Crippen molar-refractivity contribution >= 4 is 11.4 Å². The van der Waals surface area contributed by atoms with Gasteiger partial charge in [-0.3, -0.25) is 0 Å². The van der Waals surface area contributed by atoms with Crippen LogP contribution in [0.5, 0.6) is 0 Å². The molecular weight excluding hydrogens is 350 g/mol. The molecule has 2 rings (SSSR count). The number of unbranched alkanes of at least 4 members (excludes halogenated alkanes) is 13. The highest BCUT2D eigenvalue weighted by Crippen LogP contribution is 2.19. The lowest BCUT2D eigenvalue weighted by Crippen LogP contribution is -1.92. The fourth-order valence-electron chi connectivity index (χ4n) is 4.02. The zero-order valence-electron chi connectivity index (χ0n) is 18.8. The van der Waals surface area contributed by atoms with Gasteiger partial charge >= 0.3 is 0 Å². The van der Waals surface area contributed by atoms with E-state index < -0.39 is 0 Å². The van der Waals surface area contributed by atoms with E-state index in [1.807, 2.05) is 0 Å². The summed E-state index contributed by atoms with van der Waals surface area (Å²) in [7, 11) is 0. The van der Waals surface area contributed by atoms with Crippen molar-refractivity contribution in [2.75, 3.05) is 5.32 Å². The maximum absolute atomic E-state index is 3.50. The first kappa shape index (κ1) is 23.5. The molecule has 0 fully saturated rings. The third kappa shape index (κ3) is 11.7. The van der Waals surface area contributed by atoms with Crippen LogP contribution < -0.4 is 5.32 Å². The van der Waals surface area contributed by atoms with Crippen LogP contribution in [0.15, 0.2) is 54.6 Å². The van der Waals surface area contributed by atoms with Crippen LogP contribution in [0.4, 0.5) is 11.4 Å². The molecule has 29 heavy (non-hydrogen) atoms. The molecule has 0 saturated carbocycles. The molecule has 0 aliphatic rings. The zero-order valence-corrected chi connectivity index (χ0v) is 18.8. The largest absolute Gasteiger partial charge is 0.356 e. The second kappa shape index (κ2) is 16.1. The summed E-state index contributed by atoms with van der Waals surface area (Å²) >= 11 is 0. The monoisotopic (exact) mass is 393 g/mol. The molecule has 1 N–H and O–H groups in total. The molecule has 0 unspecified atom stereocenters. The minimum absolute atomic E-state index is 1.15. The minimum Gasteiger partial charge on any atom is -0.356 e. The molecule has 0 aromatic heterocycles.